The van der Waals surface area contributed by atoms with Gasteiger partial charge in [-0.1, -0.05) is 34.6 Å². The Morgan fingerprint density at radius 2 is 1.62 bits per heavy atom. The second-order valence-corrected chi connectivity index (χ2v) is 6.09. The van der Waals surface area contributed by atoms with Gasteiger partial charge in [0.25, 0.3) is 0 Å². The molecule has 0 aliphatic rings. The molecule has 3 nitrogen and oxygen atoms in total. The van der Waals surface area contributed by atoms with E-state index in [0.717, 1.165) is 0 Å². The Morgan fingerprint density at radius 3 is 1.88 bits per heavy atom. The Balaban J connectivity index is 5.07. The van der Waals surface area contributed by atoms with Crippen LogP contribution in [0.1, 0.15) is 54.4 Å². The number of hydrogen-bond acceptors (Lipinski definition) is 3. The number of hydrogen-bond donors (Lipinski definition) is 1. The van der Waals surface area contributed by atoms with Crippen LogP contribution in [0.5, 0.6) is 0 Å². The monoisotopic (exact) mass is 228 g/mol. The van der Waals surface area contributed by atoms with Gasteiger partial charge in [0, 0.05) is 11.8 Å². The van der Waals surface area contributed by atoms with Crippen molar-refractivity contribution in [1.29, 1.82) is 0 Å². The van der Waals surface area contributed by atoms with Crippen LogP contribution in [0.15, 0.2) is 0 Å². The number of carbonyl (C=O) groups excluding carboxylic acids is 2. The zero-order chi connectivity index (χ0) is 13.1. The molecule has 0 rings (SSSR count). The number of aliphatic hydroxyl groups is 1. The quantitative estimate of drug-likeness (QED) is 0.786. The van der Waals surface area contributed by atoms with Crippen molar-refractivity contribution >= 4 is 11.6 Å². The smallest absolute Gasteiger partial charge is 0.170 e. The van der Waals surface area contributed by atoms with E-state index in [2.05, 4.69) is 0 Å². The number of rotatable bonds is 5. The molecule has 0 saturated heterocycles. The maximum atomic E-state index is 12.2. The van der Waals surface area contributed by atoms with E-state index in [1.807, 2.05) is 13.8 Å². The van der Waals surface area contributed by atoms with Gasteiger partial charge in [0.15, 0.2) is 5.78 Å². The maximum absolute atomic E-state index is 12.2. The van der Waals surface area contributed by atoms with Crippen molar-refractivity contribution in [2.45, 2.75) is 60.0 Å². The van der Waals surface area contributed by atoms with Gasteiger partial charge in [0.1, 0.15) is 11.4 Å². The Kier molecular flexibility index (Phi) is 4.86. The SMILES string of the molecule is CC(=O)CC(O)(CC(C)C)C(=O)C(C)(C)C. The Bertz CT molecular complexity index is 273. The molecule has 0 aromatic heterocycles. The lowest BCUT2D eigenvalue weighted by Gasteiger charge is -2.33. The van der Waals surface area contributed by atoms with Crippen LogP contribution in [0.3, 0.4) is 0 Å². The lowest BCUT2D eigenvalue weighted by Crippen LogP contribution is -2.47. The highest BCUT2D eigenvalue weighted by molar-refractivity contribution is 5.95. The molecule has 1 unspecified atom stereocenters. The molecule has 1 atom stereocenters. The lowest BCUT2D eigenvalue weighted by atomic mass is 9.74. The third kappa shape index (κ3) is 4.44. The standard InChI is InChI=1S/C13H24O3/c1-9(2)7-13(16,8-10(3)14)11(15)12(4,5)6/h9,16H,7-8H2,1-6H3. The summed E-state index contributed by atoms with van der Waals surface area (Å²) in [7, 11) is 0. The Labute approximate surface area is 98.2 Å². The molecule has 1 N–H and O–H groups in total. The van der Waals surface area contributed by atoms with Crippen LogP contribution >= 0.6 is 0 Å². The van der Waals surface area contributed by atoms with Crippen molar-refractivity contribution in [3.05, 3.63) is 0 Å². The van der Waals surface area contributed by atoms with E-state index in [-0.39, 0.29) is 23.9 Å². The van der Waals surface area contributed by atoms with Gasteiger partial charge < -0.3 is 5.11 Å². The maximum Gasteiger partial charge on any atom is 0.170 e. The molecule has 0 bridgehead atoms. The Morgan fingerprint density at radius 1 is 1.19 bits per heavy atom. The minimum atomic E-state index is -1.50. The largest absolute Gasteiger partial charge is 0.382 e. The minimum Gasteiger partial charge on any atom is -0.382 e. The third-order valence-electron chi connectivity index (χ3n) is 2.39. The molecule has 94 valence electrons. The van der Waals surface area contributed by atoms with E-state index in [1.54, 1.807) is 20.8 Å². The van der Waals surface area contributed by atoms with E-state index in [0.29, 0.717) is 6.42 Å². The summed E-state index contributed by atoms with van der Waals surface area (Å²) >= 11 is 0. The summed E-state index contributed by atoms with van der Waals surface area (Å²) in [6.07, 6.45) is 0.254. The summed E-state index contributed by atoms with van der Waals surface area (Å²) in [5.74, 6) is -0.222. The fourth-order valence-corrected chi connectivity index (χ4v) is 2.03. The van der Waals surface area contributed by atoms with Gasteiger partial charge in [-0.3, -0.25) is 9.59 Å². The van der Waals surface area contributed by atoms with Gasteiger partial charge in [-0.2, -0.15) is 0 Å². The first kappa shape index (κ1) is 15.3. The summed E-state index contributed by atoms with van der Waals surface area (Å²) in [5.41, 5.74) is -2.13. The van der Waals surface area contributed by atoms with Gasteiger partial charge >= 0.3 is 0 Å². The summed E-state index contributed by atoms with van der Waals surface area (Å²) in [6.45, 7) is 10.6. The predicted octanol–water partition coefficient (Wildman–Crippen LogP) is 2.36. The van der Waals surface area contributed by atoms with Gasteiger partial charge in [-0.05, 0) is 19.3 Å². The minimum absolute atomic E-state index is 0.0821. The zero-order valence-corrected chi connectivity index (χ0v) is 11.3. The molecule has 0 aromatic carbocycles. The molecule has 0 fully saturated rings. The second-order valence-electron chi connectivity index (χ2n) is 6.09. The van der Waals surface area contributed by atoms with Gasteiger partial charge in [-0.15, -0.1) is 0 Å². The van der Waals surface area contributed by atoms with Crippen LogP contribution in [0.4, 0.5) is 0 Å². The average molecular weight is 228 g/mol. The van der Waals surface area contributed by atoms with Crippen LogP contribution in [0.25, 0.3) is 0 Å². The van der Waals surface area contributed by atoms with Crippen molar-refractivity contribution in [2.75, 3.05) is 0 Å². The van der Waals surface area contributed by atoms with Crippen LogP contribution in [0.2, 0.25) is 0 Å². The summed E-state index contributed by atoms with van der Waals surface area (Å²) in [6, 6.07) is 0. The topological polar surface area (TPSA) is 54.4 Å². The van der Waals surface area contributed by atoms with E-state index in [9.17, 15) is 14.7 Å². The van der Waals surface area contributed by atoms with Crippen LogP contribution < -0.4 is 0 Å². The third-order valence-corrected chi connectivity index (χ3v) is 2.39. The lowest BCUT2D eigenvalue weighted by molar-refractivity contribution is -0.151. The van der Waals surface area contributed by atoms with E-state index in [1.165, 1.54) is 6.92 Å². The van der Waals surface area contributed by atoms with Gasteiger partial charge in [0.05, 0.1) is 0 Å². The van der Waals surface area contributed by atoms with E-state index in [4.69, 9.17) is 0 Å². The van der Waals surface area contributed by atoms with Crippen LogP contribution in [0, 0.1) is 11.3 Å². The summed E-state index contributed by atoms with van der Waals surface area (Å²) < 4.78 is 0. The molecular formula is C13H24O3. The Hall–Kier alpha value is -0.700. The normalized spacial score (nSPS) is 16.0. The predicted molar refractivity (Wildman–Crippen MR) is 64.2 cm³/mol. The van der Waals surface area contributed by atoms with E-state index >= 15 is 0 Å². The van der Waals surface area contributed by atoms with Crippen molar-refractivity contribution in [3.8, 4) is 0 Å². The number of ketones is 2. The second kappa shape index (κ2) is 5.09. The highest BCUT2D eigenvalue weighted by Gasteiger charge is 2.43. The number of carbonyl (C=O) groups is 2. The van der Waals surface area contributed by atoms with Crippen LogP contribution in [-0.4, -0.2) is 22.3 Å². The first-order valence-electron chi connectivity index (χ1n) is 5.76. The molecule has 3 heteroatoms. The van der Waals surface area contributed by atoms with E-state index < -0.39 is 11.0 Å². The molecule has 0 saturated carbocycles. The molecule has 0 radical (unpaired) electrons. The van der Waals surface area contributed by atoms with Crippen molar-refractivity contribution in [1.82, 2.24) is 0 Å². The van der Waals surface area contributed by atoms with Crippen molar-refractivity contribution in [2.24, 2.45) is 11.3 Å². The van der Waals surface area contributed by atoms with Gasteiger partial charge in [0.2, 0.25) is 0 Å². The first-order chi connectivity index (χ1) is 6.99. The molecular weight excluding hydrogens is 204 g/mol. The molecule has 0 aliphatic heterocycles. The van der Waals surface area contributed by atoms with Crippen LogP contribution in [-0.2, 0) is 9.59 Å². The summed E-state index contributed by atoms with van der Waals surface area (Å²) in [4.78, 5) is 23.3. The fourth-order valence-electron chi connectivity index (χ4n) is 2.03. The first-order valence-corrected chi connectivity index (χ1v) is 5.76. The highest BCUT2D eigenvalue weighted by atomic mass is 16.3. The zero-order valence-electron chi connectivity index (χ0n) is 11.3. The highest BCUT2D eigenvalue weighted by Crippen LogP contribution is 2.30. The average Bonchev–Trinajstić information content (AvgIpc) is 1.97. The molecule has 0 heterocycles. The molecule has 0 spiro atoms. The molecule has 0 amide bonds. The molecule has 16 heavy (non-hydrogen) atoms. The molecule has 0 aliphatic carbocycles. The number of Topliss-reactive ketones (excluding diaryl/α,β-unsaturated/α-hetero) is 2. The van der Waals surface area contributed by atoms with Crippen molar-refractivity contribution < 1.29 is 14.7 Å². The fraction of sp³-hybridized carbons (Fsp3) is 0.846. The molecule has 0 aromatic rings. The van der Waals surface area contributed by atoms with Gasteiger partial charge in [-0.25, -0.2) is 0 Å². The van der Waals surface area contributed by atoms with Crippen molar-refractivity contribution in [3.63, 3.8) is 0 Å². The summed E-state index contributed by atoms with van der Waals surface area (Å²) in [5, 5.41) is 10.4.